The maximum Gasteiger partial charge on any atom is 0.0165 e. The summed E-state index contributed by atoms with van der Waals surface area (Å²) in [6.45, 7) is 4.84. The van der Waals surface area contributed by atoms with Gasteiger partial charge >= 0.3 is 0 Å². The van der Waals surface area contributed by atoms with Gasteiger partial charge in [0.2, 0.25) is 0 Å². The second-order valence-electron chi connectivity index (χ2n) is 3.38. The van der Waals surface area contributed by atoms with Crippen molar-refractivity contribution in [3.8, 4) is 0 Å². The first kappa shape index (κ1) is 7.32. The lowest BCUT2D eigenvalue weighted by molar-refractivity contribution is 0.179. The Bertz CT molecular complexity index is 140. The van der Waals surface area contributed by atoms with E-state index in [-0.39, 0.29) is 0 Å². The standard InChI is InChI=1S/C9H16N2/c1-2-4-9(3-1)11-7-5-10-6-8-11/h1-2,9-10H,3-8H2. The SMILES string of the molecule is C1=CCC(N2CCNCC2)C1. The number of nitrogens with zero attached hydrogens (tertiary/aromatic N) is 1. The molecule has 2 aliphatic rings. The normalized spacial score (nSPS) is 28.0. The van der Waals surface area contributed by atoms with Gasteiger partial charge < -0.3 is 5.32 Å². The van der Waals surface area contributed by atoms with Gasteiger partial charge in [-0.15, -0.1) is 0 Å². The van der Waals surface area contributed by atoms with E-state index in [9.17, 15) is 0 Å². The fraction of sp³-hybridized carbons (Fsp3) is 0.778. The lowest BCUT2D eigenvalue weighted by Crippen LogP contribution is -2.47. The highest BCUT2D eigenvalue weighted by Gasteiger charge is 2.20. The Kier molecular flexibility index (Phi) is 2.24. The Balaban J connectivity index is 1.83. The quantitative estimate of drug-likeness (QED) is 0.554. The van der Waals surface area contributed by atoms with E-state index in [1.54, 1.807) is 0 Å². The van der Waals surface area contributed by atoms with Crippen LogP contribution in [0.1, 0.15) is 12.8 Å². The lowest BCUT2D eigenvalue weighted by Gasteiger charge is -2.32. The molecule has 0 spiro atoms. The molecule has 0 atom stereocenters. The molecular formula is C9H16N2. The molecular weight excluding hydrogens is 136 g/mol. The van der Waals surface area contributed by atoms with Gasteiger partial charge in [0.25, 0.3) is 0 Å². The first-order valence-corrected chi connectivity index (χ1v) is 4.56. The predicted molar refractivity (Wildman–Crippen MR) is 46.6 cm³/mol. The van der Waals surface area contributed by atoms with Crippen molar-refractivity contribution in [2.75, 3.05) is 26.2 Å². The second-order valence-corrected chi connectivity index (χ2v) is 3.38. The minimum absolute atomic E-state index is 0.831. The maximum absolute atomic E-state index is 3.38. The van der Waals surface area contributed by atoms with Gasteiger partial charge in [-0.1, -0.05) is 12.2 Å². The van der Waals surface area contributed by atoms with E-state index in [1.165, 1.54) is 39.0 Å². The summed E-state index contributed by atoms with van der Waals surface area (Å²) in [4.78, 5) is 2.61. The summed E-state index contributed by atoms with van der Waals surface area (Å²) in [7, 11) is 0. The molecule has 0 saturated carbocycles. The molecule has 0 aromatic carbocycles. The molecule has 0 unspecified atom stereocenters. The van der Waals surface area contributed by atoms with Gasteiger partial charge in [0, 0.05) is 32.2 Å². The fourth-order valence-corrected chi connectivity index (χ4v) is 1.95. The molecule has 11 heavy (non-hydrogen) atoms. The Morgan fingerprint density at radius 1 is 1.09 bits per heavy atom. The topological polar surface area (TPSA) is 15.3 Å². The van der Waals surface area contributed by atoms with Crippen molar-refractivity contribution < 1.29 is 0 Å². The zero-order valence-electron chi connectivity index (χ0n) is 6.92. The fourth-order valence-electron chi connectivity index (χ4n) is 1.95. The highest BCUT2D eigenvalue weighted by Crippen LogP contribution is 2.16. The molecule has 1 fully saturated rings. The zero-order valence-corrected chi connectivity index (χ0v) is 6.92. The van der Waals surface area contributed by atoms with Crippen LogP contribution in [0.5, 0.6) is 0 Å². The van der Waals surface area contributed by atoms with Crippen LogP contribution in [0.15, 0.2) is 12.2 Å². The second kappa shape index (κ2) is 3.37. The summed E-state index contributed by atoms with van der Waals surface area (Å²) >= 11 is 0. The van der Waals surface area contributed by atoms with Crippen LogP contribution in [0.3, 0.4) is 0 Å². The molecule has 2 nitrogen and oxygen atoms in total. The summed E-state index contributed by atoms with van der Waals surface area (Å²) in [6.07, 6.45) is 7.18. The molecule has 2 rings (SSSR count). The van der Waals surface area contributed by atoms with Crippen molar-refractivity contribution in [2.45, 2.75) is 18.9 Å². The Morgan fingerprint density at radius 2 is 1.73 bits per heavy atom. The Labute approximate surface area is 68.3 Å². The van der Waals surface area contributed by atoms with Crippen LogP contribution in [0, 0.1) is 0 Å². The largest absolute Gasteiger partial charge is 0.314 e. The molecule has 0 bridgehead atoms. The molecule has 0 amide bonds. The van der Waals surface area contributed by atoms with Gasteiger partial charge in [0.1, 0.15) is 0 Å². The average molecular weight is 152 g/mol. The average Bonchev–Trinajstić information content (AvgIpc) is 2.58. The van der Waals surface area contributed by atoms with Crippen molar-refractivity contribution in [3.05, 3.63) is 12.2 Å². The van der Waals surface area contributed by atoms with Gasteiger partial charge in [-0.2, -0.15) is 0 Å². The molecule has 0 aromatic rings. The Hall–Kier alpha value is -0.340. The third-order valence-electron chi connectivity index (χ3n) is 2.65. The predicted octanol–water partition coefficient (Wildman–Crippen LogP) is 0.610. The molecule has 1 aliphatic heterocycles. The van der Waals surface area contributed by atoms with Crippen molar-refractivity contribution in [1.82, 2.24) is 10.2 Å². The number of rotatable bonds is 1. The highest BCUT2D eigenvalue weighted by atomic mass is 15.2. The smallest absolute Gasteiger partial charge is 0.0165 e. The maximum atomic E-state index is 3.38. The van der Waals surface area contributed by atoms with Gasteiger partial charge in [-0.25, -0.2) is 0 Å². The molecule has 0 aromatic heterocycles. The van der Waals surface area contributed by atoms with Crippen LogP contribution in [-0.4, -0.2) is 37.1 Å². The summed E-state index contributed by atoms with van der Waals surface area (Å²) < 4.78 is 0. The number of hydrogen-bond acceptors (Lipinski definition) is 2. The third kappa shape index (κ3) is 1.63. The van der Waals surface area contributed by atoms with Crippen LogP contribution < -0.4 is 5.32 Å². The van der Waals surface area contributed by atoms with Crippen LogP contribution in [-0.2, 0) is 0 Å². The molecule has 1 saturated heterocycles. The monoisotopic (exact) mass is 152 g/mol. The minimum Gasteiger partial charge on any atom is -0.314 e. The first-order valence-electron chi connectivity index (χ1n) is 4.56. The zero-order chi connectivity index (χ0) is 7.52. The molecule has 1 heterocycles. The van der Waals surface area contributed by atoms with E-state index >= 15 is 0 Å². The van der Waals surface area contributed by atoms with Gasteiger partial charge in [0.05, 0.1) is 0 Å². The van der Waals surface area contributed by atoms with E-state index in [4.69, 9.17) is 0 Å². The Morgan fingerprint density at radius 3 is 2.36 bits per heavy atom. The van der Waals surface area contributed by atoms with E-state index in [0.29, 0.717) is 0 Å². The van der Waals surface area contributed by atoms with Crippen LogP contribution in [0.4, 0.5) is 0 Å². The van der Waals surface area contributed by atoms with Gasteiger partial charge in [0.15, 0.2) is 0 Å². The summed E-state index contributed by atoms with van der Waals surface area (Å²) in [5, 5.41) is 3.38. The number of hydrogen-bond donors (Lipinski definition) is 1. The van der Waals surface area contributed by atoms with E-state index in [1.807, 2.05) is 0 Å². The van der Waals surface area contributed by atoms with Crippen LogP contribution >= 0.6 is 0 Å². The molecule has 62 valence electrons. The lowest BCUT2D eigenvalue weighted by atomic mass is 10.2. The number of nitrogens with one attached hydrogen (secondary N) is 1. The van der Waals surface area contributed by atoms with E-state index < -0.39 is 0 Å². The highest BCUT2D eigenvalue weighted by molar-refractivity contribution is 4.99. The third-order valence-corrected chi connectivity index (χ3v) is 2.65. The van der Waals surface area contributed by atoms with Crippen molar-refractivity contribution in [3.63, 3.8) is 0 Å². The molecule has 1 N–H and O–H groups in total. The van der Waals surface area contributed by atoms with E-state index in [2.05, 4.69) is 22.4 Å². The minimum atomic E-state index is 0.831. The molecule has 2 heteroatoms. The van der Waals surface area contributed by atoms with Gasteiger partial charge in [-0.3, -0.25) is 4.90 Å². The van der Waals surface area contributed by atoms with Gasteiger partial charge in [-0.05, 0) is 12.8 Å². The van der Waals surface area contributed by atoms with Crippen LogP contribution in [0.2, 0.25) is 0 Å². The van der Waals surface area contributed by atoms with Crippen molar-refractivity contribution >= 4 is 0 Å². The number of piperazine rings is 1. The van der Waals surface area contributed by atoms with Crippen LogP contribution in [0.25, 0.3) is 0 Å². The van der Waals surface area contributed by atoms with Crippen molar-refractivity contribution in [2.24, 2.45) is 0 Å². The first-order chi connectivity index (χ1) is 5.47. The van der Waals surface area contributed by atoms with Crippen molar-refractivity contribution in [1.29, 1.82) is 0 Å². The van der Waals surface area contributed by atoms with E-state index in [0.717, 1.165) is 6.04 Å². The molecule has 1 aliphatic carbocycles. The summed E-state index contributed by atoms with van der Waals surface area (Å²) in [5.41, 5.74) is 0. The summed E-state index contributed by atoms with van der Waals surface area (Å²) in [5.74, 6) is 0. The molecule has 0 radical (unpaired) electrons. The summed E-state index contributed by atoms with van der Waals surface area (Å²) in [6, 6.07) is 0.831.